The van der Waals surface area contributed by atoms with Gasteiger partial charge in [-0.2, -0.15) is 10.2 Å². The monoisotopic (exact) mass is 317 g/mol. The smallest absolute Gasteiger partial charge is 0.229 e. The van der Waals surface area contributed by atoms with Crippen molar-refractivity contribution in [3.05, 3.63) is 60.4 Å². The molecule has 1 aromatic carbocycles. The van der Waals surface area contributed by atoms with Crippen molar-refractivity contribution < 1.29 is 9.15 Å². The first-order valence-electron chi connectivity index (χ1n) is 7.20. The molecule has 3 heterocycles. The largest absolute Gasteiger partial charge is 0.472 e. The molecule has 0 bridgehead atoms. The molecular weight excluding hydrogens is 306 g/mol. The van der Waals surface area contributed by atoms with E-state index in [1.807, 2.05) is 36.4 Å². The van der Waals surface area contributed by atoms with E-state index in [0.717, 1.165) is 5.56 Å². The van der Waals surface area contributed by atoms with Crippen LogP contribution in [-0.4, -0.2) is 19.9 Å². The molecule has 1 N–H and O–H groups in total. The van der Waals surface area contributed by atoms with Crippen molar-refractivity contribution in [2.75, 3.05) is 0 Å². The molecule has 116 valence electrons. The minimum absolute atomic E-state index is 0.211. The minimum Gasteiger partial charge on any atom is -0.472 e. The first-order valence-corrected chi connectivity index (χ1v) is 7.20. The van der Waals surface area contributed by atoms with Crippen LogP contribution in [0.5, 0.6) is 5.88 Å². The lowest BCUT2D eigenvalue weighted by molar-refractivity contribution is 0.297. The number of nitrogens with one attached hydrogen (secondary N) is 1. The molecule has 24 heavy (non-hydrogen) atoms. The van der Waals surface area contributed by atoms with Crippen molar-refractivity contribution in [3.63, 3.8) is 0 Å². The van der Waals surface area contributed by atoms with Gasteiger partial charge < -0.3 is 14.1 Å². The number of oxazole rings is 1. The fourth-order valence-corrected chi connectivity index (χ4v) is 2.39. The zero-order chi connectivity index (χ0) is 16.4. The first-order chi connectivity index (χ1) is 11.8. The molecule has 3 aromatic heterocycles. The fourth-order valence-electron chi connectivity index (χ4n) is 2.39. The molecule has 0 aliphatic heterocycles. The van der Waals surface area contributed by atoms with Crippen molar-refractivity contribution in [1.29, 1.82) is 5.26 Å². The lowest BCUT2D eigenvalue weighted by atomic mass is 10.2. The van der Waals surface area contributed by atoms with Crippen LogP contribution in [0.1, 0.15) is 11.3 Å². The summed E-state index contributed by atoms with van der Waals surface area (Å²) in [5.41, 5.74) is 2.50. The van der Waals surface area contributed by atoms with Gasteiger partial charge in [-0.1, -0.05) is 30.3 Å². The van der Waals surface area contributed by atoms with Gasteiger partial charge in [-0.25, -0.2) is 9.97 Å². The van der Waals surface area contributed by atoms with E-state index in [1.54, 1.807) is 6.20 Å². The normalized spacial score (nSPS) is 10.6. The van der Waals surface area contributed by atoms with Crippen molar-refractivity contribution in [1.82, 2.24) is 19.9 Å². The molecule has 0 radical (unpaired) electrons. The highest BCUT2D eigenvalue weighted by atomic mass is 16.5. The van der Waals surface area contributed by atoms with Crippen molar-refractivity contribution in [2.45, 2.75) is 6.61 Å². The van der Waals surface area contributed by atoms with Gasteiger partial charge in [-0.15, -0.1) is 0 Å². The minimum atomic E-state index is 0.211. The summed E-state index contributed by atoms with van der Waals surface area (Å²) in [6.45, 7) is 0.382. The number of benzene rings is 1. The van der Waals surface area contributed by atoms with Crippen molar-refractivity contribution in [3.8, 4) is 23.4 Å². The van der Waals surface area contributed by atoms with E-state index in [9.17, 15) is 0 Å². The average molecular weight is 317 g/mol. The molecule has 0 saturated carbocycles. The molecule has 7 nitrogen and oxygen atoms in total. The quantitative estimate of drug-likeness (QED) is 0.621. The number of ether oxygens (including phenoxy) is 1. The van der Waals surface area contributed by atoms with Gasteiger partial charge in [-0.05, 0) is 5.56 Å². The molecule has 0 amide bonds. The van der Waals surface area contributed by atoms with E-state index in [1.165, 1.54) is 12.6 Å². The van der Waals surface area contributed by atoms with Crippen LogP contribution in [0.3, 0.4) is 0 Å². The Balaban J connectivity index is 1.73. The molecular formula is C17H11N5O2. The Morgan fingerprint density at radius 2 is 2.08 bits per heavy atom. The van der Waals surface area contributed by atoms with Crippen LogP contribution in [0, 0.1) is 11.3 Å². The summed E-state index contributed by atoms with van der Waals surface area (Å²) in [4.78, 5) is 15.6. The summed E-state index contributed by atoms with van der Waals surface area (Å²) in [5.74, 6) is 0.744. The third kappa shape index (κ3) is 2.46. The predicted octanol–water partition coefficient (Wildman–Crippen LogP) is 3.06. The van der Waals surface area contributed by atoms with Gasteiger partial charge in [0.2, 0.25) is 11.8 Å². The molecule has 0 aliphatic rings. The van der Waals surface area contributed by atoms with E-state index in [2.05, 4.69) is 19.9 Å². The average Bonchev–Trinajstić information content (AvgIpc) is 3.27. The summed E-state index contributed by atoms with van der Waals surface area (Å²) >= 11 is 0. The van der Waals surface area contributed by atoms with Crippen LogP contribution < -0.4 is 4.74 Å². The summed E-state index contributed by atoms with van der Waals surface area (Å²) in [6, 6.07) is 11.7. The van der Waals surface area contributed by atoms with Gasteiger partial charge in [0, 0.05) is 6.20 Å². The number of H-pyrrole nitrogens is 1. The van der Waals surface area contributed by atoms with Crippen LogP contribution in [0.15, 0.2) is 53.5 Å². The fraction of sp³-hybridized carbons (Fsp3) is 0.0588. The maximum Gasteiger partial charge on any atom is 0.229 e. The zero-order valence-corrected chi connectivity index (χ0v) is 12.4. The van der Waals surface area contributed by atoms with Gasteiger partial charge in [0.1, 0.15) is 30.9 Å². The Labute approximate surface area is 136 Å². The maximum absolute atomic E-state index is 8.90. The SMILES string of the molecule is N#Cc1coc(-c2c[nH]c3ncnc(OCc4ccccc4)c23)n1. The highest BCUT2D eigenvalue weighted by Crippen LogP contribution is 2.32. The third-order valence-electron chi connectivity index (χ3n) is 3.50. The standard InChI is InChI=1S/C17H11N5O2/c18-6-12-9-24-16(22-12)13-7-19-15-14(13)17(21-10-20-15)23-8-11-4-2-1-3-5-11/h1-5,7,9-10H,8H2,(H,19,20,21). The molecule has 7 heteroatoms. The van der Waals surface area contributed by atoms with Gasteiger partial charge in [-0.3, -0.25) is 0 Å². The summed E-state index contributed by atoms with van der Waals surface area (Å²) in [7, 11) is 0. The molecule has 4 rings (SSSR count). The number of fused-ring (bicyclic) bond motifs is 1. The second kappa shape index (κ2) is 5.85. The third-order valence-corrected chi connectivity index (χ3v) is 3.50. The summed E-state index contributed by atoms with van der Waals surface area (Å²) in [5, 5.41) is 9.56. The number of nitriles is 1. The molecule has 0 saturated heterocycles. The van der Waals surface area contributed by atoms with Crippen LogP contribution in [0.4, 0.5) is 0 Å². The highest BCUT2D eigenvalue weighted by molar-refractivity contribution is 5.95. The number of hydrogen-bond acceptors (Lipinski definition) is 6. The molecule has 0 spiro atoms. The Hall–Kier alpha value is -3.66. The van der Waals surface area contributed by atoms with E-state index in [4.69, 9.17) is 14.4 Å². The van der Waals surface area contributed by atoms with Gasteiger partial charge in [0.15, 0.2) is 5.69 Å². The van der Waals surface area contributed by atoms with Gasteiger partial charge >= 0.3 is 0 Å². The maximum atomic E-state index is 8.90. The van der Waals surface area contributed by atoms with Gasteiger partial charge in [0.05, 0.1) is 10.9 Å². The Morgan fingerprint density at radius 3 is 2.88 bits per heavy atom. The molecule has 0 atom stereocenters. The predicted molar refractivity (Wildman–Crippen MR) is 84.9 cm³/mol. The van der Waals surface area contributed by atoms with Gasteiger partial charge in [0.25, 0.3) is 0 Å². The Bertz CT molecular complexity index is 1030. The van der Waals surface area contributed by atoms with E-state index >= 15 is 0 Å². The van der Waals surface area contributed by atoms with Crippen LogP contribution in [-0.2, 0) is 6.61 Å². The first kappa shape index (κ1) is 14.0. The van der Waals surface area contributed by atoms with E-state index in [-0.39, 0.29) is 5.69 Å². The second-order valence-electron chi connectivity index (χ2n) is 5.03. The molecule has 0 aliphatic carbocycles. The van der Waals surface area contributed by atoms with Crippen LogP contribution in [0.25, 0.3) is 22.5 Å². The van der Waals surface area contributed by atoms with Crippen LogP contribution in [0.2, 0.25) is 0 Å². The molecule has 4 aromatic rings. The number of nitrogens with zero attached hydrogens (tertiary/aromatic N) is 4. The van der Waals surface area contributed by atoms with E-state index in [0.29, 0.717) is 35.0 Å². The molecule has 0 fully saturated rings. The van der Waals surface area contributed by atoms with Crippen molar-refractivity contribution >= 4 is 11.0 Å². The summed E-state index contributed by atoms with van der Waals surface area (Å²) < 4.78 is 11.2. The Kier molecular flexibility index (Phi) is 3.41. The highest BCUT2D eigenvalue weighted by Gasteiger charge is 2.17. The lowest BCUT2D eigenvalue weighted by Gasteiger charge is -2.06. The molecule has 0 unspecified atom stereocenters. The summed E-state index contributed by atoms with van der Waals surface area (Å²) in [6.07, 6.45) is 4.45. The number of aromatic nitrogens is 4. The number of rotatable bonds is 4. The zero-order valence-electron chi connectivity index (χ0n) is 12.4. The lowest BCUT2D eigenvalue weighted by Crippen LogP contribution is -1.98. The number of hydrogen-bond donors (Lipinski definition) is 1. The number of aromatic amines is 1. The second-order valence-corrected chi connectivity index (χ2v) is 5.03. The Morgan fingerprint density at radius 1 is 1.21 bits per heavy atom. The topological polar surface area (TPSA) is 101 Å². The van der Waals surface area contributed by atoms with E-state index < -0.39 is 0 Å². The van der Waals surface area contributed by atoms with Crippen LogP contribution >= 0.6 is 0 Å². The van der Waals surface area contributed by atoms with Crippen molar-refractivity contribution in [2.24, 2.45) is 0 Å².